The number of aryl methyl sites for hydroxylation is 2. The molecule has 2 aliphatic heterocycles. The lowest BCUT2D eigenvalue weighted by Gasteiger charge is -2.30. The highest BCUT2D eigenvalue weighted by Gasteiger charge is 2.40. The number of rotatable bonds is 5. The van der Waals surface area contributed by atoms with Gasteiger partial charge in [-0.15, -0.1) is 0 Å². The number of hydrogen-bond acceptors (Lipinski definition) is 5. The van der Waals surface area contributed by atoms with Crippen LogP contribution in [0.25, 0.3) is 0 Å². The zero-order chi connectivity index (χ0) is 18.2. The van der Waals surface area contributed by atoms with Crippen LogP contribution in [0, 0.1) is 13.8 Å². The zero-order valence-corrected chi connectivity index (χ0v) is 16.3. The van der Waals surface area contributed by atoms with Crippen molar-refractivity contribution in [1.82, 2.24) is 4.31 Å². The molecule has 0 saturated carbocycles. The van der Waals surface area contributed by atoms with Gasteiger partial charge in [-0.05, 0) is 50.3 Å². The summed E-state index contributed by atoms with van der Waals surface area (Å²) in [6.45, 7) is 4.46. The molecule has 2 heterocycles. The van der Waals surface area contributed by atoms with Crippen molar-refractivity contribution >= 4 is 19.9 Å². The van der Waals surface area contributed by atoms with Gasteiger partial charge in [0.15, 0.2) is 9.84 Å². The third-order valence-corrected chi connectivity index (χ3v) is 8.76. The number of nitrogens with zero attached hydrogens (tertiary/aromatic N) is 1. The van der Waals surface area contributed by atoms with Gasteiger partial charge in [-0.3, -0.25) is 0 Å². The summed E-state index contributed by atoms with van der Waals surface area (Å²) >= 11 is 0. The largest absolute Gasteiger partial charge is 0.377 e. The van der Waals surface area contributed by atoms with Crippen molar-refractivity contribution in [3.63, 3.8) is 0 Å². The van der Waals surface area contributed by atoms with Crippen LogP contribution < -0.4 is 0 Å². The van der Waals surface area contributed by atoms with E-state index in [1.54, 1.807) is 19.1 Å². The van der Waals surface area contributed by atoms with Gasteiger partial charge >= 0.3 is 0 Å². The van der Waals surface area contributed by atoms with Crippen molar-refractivity contribution in [3.05, 3.63) is 29.3 Å². The maximum absolute atomic E-state index is 13.4. The van der Waals surface area contributed by atoms with E-state index in [1.807, 2.05) is 13.0 Å². The lowest BCUT2D eigenvalue weighted by molar-refractivity contribution is 0.0877. The van der Waals surface area contributed by atoms with Gasteiger partial charge in [-0.25, -0.2) is 16.8 Å². The van der Waals surface area contributed by atoms with Crippen molar-refractivity contribution in [2.45, 2.75) is 50.2 Å². The van der Waals surface area contributed by atoms with Gasteiger partial charge in [0.25, 0.3) is 0 Å². The minimum atomic E-state index is -3.79. The summed E-state index contributed by atoms with van der Waals surface area (Å²) in [5.74, 6) is -0.0637. The first-order chi connectivity index (χ1) is 11.7. The molecule has 0 bridgehead atoms. The van der Waals surface area contributed by atoms with Gasteiger partial charge in [0.05, 0.1) is 22.5 Å². The Kier molecular flexibility index (Phi) is 5.26. The molecule has 0 N–H and O–H groups in total. The van der Waals surface area contributed by atoms with E-state index in [4.69, 9.17) is 4.74 Å². The third kappa shape index (κ3) is 4.07. The van der Waals surface area contributed by atoms with Crippen molar-refractivity contribution in [1.29, 1.82) is 0 Å². The maximum Gasteiger partial charge on any atom is 0.243 e. The van der Waals surface area contributed by atoms with E-state index in [0.29, 0.717) is 18.6 Å². The number of sulfone groups is 1. The Bertz CT molecular complexity index is 842. The summed E-state index contributed by atoms with van der Waals surface area (Å²) < 4.78 is 57.6. The van der Waals surface area contributed by atoms with Gasteiger partial charge < -0.3 is 4.74 Å². The fraction of sp³-hybridized carbons (Fsp3) is 0.647. The highest BCUT2D eigenvalue weighted by Crippen LogP contribution is 2.29. The molecule has 2 fully saturated rings. The molecular formula is C17H25NO5S2. The molecule has 0 amide bonds. The third-order valence-electron chi connectivity index (χ3n) is 4.95. The summed E-state index contributed by atoms with van der Waals surface area (Å²) in [6, 6.07) is 4.81. The molecule has 3 rings (SSSR count). The van der Waals surface area contributed by atoms with E-state index >= 15 is 0 Å². The summed E-state index contributed by atoms with van der Waals surface area (Å²) in [7, 11) is -6.97. The standard InChI is InChI=1S/C17H25NO5S2/c1-13-5-6-14(2)17(10-13)25(21,22)18(11-16-4-3-8-23-16)15-7-9-24(19,20)12-15/h5-6,10,15-16H,3-4,7-9,11-12H2,1-2H3/t15-,16-/m0/s1. The number of benzene rings is 1. The molecule has 0 unspecified atom stereocenters. The summed E-state index contributed by atoms with van der Waals surface area (Å²) in [6.07, 6.45) is 1.89. The van der Waals surface area contributed by atoms with Crippen LogP contribution in [-0.2, 0) is 24.6 Å². The molecule has 2 atom stereocenters. The molecule has 0 radical (unpaired) electrons. The van der Waals surface area contributed by atoms with Crippen LogP contribution in [0.1, 0.15) is 30.4 Å². The Morgan fingerprint density at radius 1 is 1.24 bits per heavy atom. The van der Waals surface area contributed by atoms with Gasteiger partial charge in [-0.1, -0.05) is 12.1 Å². The van der Waals surface area contributed by atoms with Crippen LogP contribution in [0.2, 0.25) is 0 Å². The maximum atomic E-state index is 13.4. The van der Waals surface area contributed by atoms with E-state index < -0.39 is 25.9 Å². The smallest absolute Gasteiger partial charge is 0.243 e. The fourth-order valence-corrected chi connectivity index (χ4v) is 7.37. The second kappa shape index (κ2) is 6.98. The van der Waals surface area contributed by atoms with E-state index in [-0.39, 0.29) is 29.0 Å². The van der Waals surface area contributed by atoms with Crippen LogP contribution in [-0.4, -0.2) is 57.9 Å². The van der Waals surface area contributed by atoms with Crippen LogP contribution in [0.5, 0.6) is 0 Å². The number of hydrogen-bond donors (Lipinski definition) is 0. The summed E-state index contributed by atoms with van der Waals surface area (Å²) in [5.41, 5.74) is 1.53. The molecule has 2 aliphatic rings. The van der Waals surface area contributed by atoms with Gasteiger partial charge in [0, 0.05) is 19.2 Å². The summed E-state index contributed by atoms with van der Waals surface area (Å²) in [5, 5.41) is 0. The molecule has 1 aromatic rings. The molecule has 0 spiro atoms. The van der Waals surface area contributed by atoms with Crippen LogP contribution in [0.4, 0.5) is 0 Å². The minimum Gasteiger partial charge on any atom is -0.377 e. The van der Waals surface area contributed by atoms with E-state index in [1.165, 1.54) is 4.31 Å². The van der Waals surface area contributed by atoms with E-state index in [0.717, 1.165) is 18.4 Å². The van der Waals surface area contributed by atoms with E-state index in [9.17, 15) is 16.8 Å². The number of ether oxygens (including phenoxy) is 1. The Morgan fingerprint density at radius 2 is 2.00 bits per heavy atom. The van der Waals surface area contributed by atoms with Crippen LogP contribution in [0.15, 0.2) is 23.1 Å². The second-order valence-corrected chi connectivity index (χ2v) is 11.1. The zero-order valence-electron chi connectivity index (χ0n) is 14.6. The molecule has 25 heavy (non-hydrogen) atoms. The molecule has 140 valence electrons. The number of sulfonamides is 1. The lowest BCUT2D eigenvalue weighted by atomic mass is 10.2. The normalized spacial score (nSPS) is 26.4. The first-order valence-corrected chi connectivity index (χ1v) is 11.9. The second-order valence-electron chi connectivity index (χ2n) is 7.04. The van der Waals surface area contributed by atoms with Crippen molar-refractivity contribution in [3.8, 4) is 0 Å². The monoisotopic (exact) mass is 387 g/mol. The first-order valence-electron chi connectivity index (χ1n) is 8.60. The van der Waals surface area contributed by atoms with Crippen LogP contribution >= 0.6 is 0 Å². The Labute approximate surface area is 150 Å². The topological polar surface area (TPSA) is 80.8 Å². The molecule has 0 aromatic heterocycles. The first kappa shape index (κ1) is 18.8. The Hall–Kier alpha value is -0.960. The average molecular weight is 388 g/mol. The Balaban J connectivity index is 1.98. The molecule has 6 nitrogen and oxygen atoms in total. The van der Waals surface area contributed by atoms with Crippen molar-refractivity contribution < 1.29 is 21.6 Å². The van der Waals surface area contributed by atoms with Gasteiger partial charge in [-0.2, -0.15) is 4.31 Å². The van der Waals surface area contributed by atoms with Crippen molar-refractivity contribution in [2.24, 2.45) is 0 Å². The van der Waals surface area contributed by atoms with Gasteiger partial charge in [0.2, 0.25) is 10.0 Å². The van der Waals surface area contributed by atoms with E-state index in [2.05, 4.69) is 0 Å². The quantitative estimate of drug-likeness (QED) is 0.768. The van der Waals surface area contributed by atoms with Gasteiger partial charge in [0.1, 0.15) is 0 Å². The highest BCUT2D eigenvalue weighted by atomic mass is 32.2. The SMILES string of the molecule is Cc1ccc(C)c(S(=O)(=O)N(C[C@@H]2CCCO2)[C@H]2CCS(=O)(=O)C2)c1. The minimum absolute atomic E-state index is 0.0437. The molecule has 2 saturated heterocycles. The predicted octanol–water partition coefficient (Wildman–Crippen LogP) is 1.66. The molecule has 8 heteroatoms. The average Bonchev–Trinajstić information content (AvgIpc) is 3.16. The lowest BCUT2D eigenvalue weighted by Crippen LogP contribution is -2.45. The molecule has 0 aliphatic carbocycles. The van der Waals surface area contributed by atoms with Crippen LogP contribution in [0.3, 0.4) is 0 Å². The highest BCUT2D eigenvalue weighted by molar-refractivity contribution is 7.92. The molecular weight excluding hydrogens is 362 g/mol. The predicted molar refractivity (Wildman–Crippen MR) is 95.8 cm³/mol. The fourth-order valence-electron chi connectivity index (χ4n) is 3.55. The molecule has 1 aromatic carbocycles. The van der Waals surface area contributed by atoms with Crippen molar-refractivity contribution in [2.75, 3.05) is 24.7 Å². The summed E-state index contributed by atoms with van der Waals surface area (Å²) in [4.78, 5) is 0.259. The Morgan fingerprint density at radius 3 is 2.60 bits per heavy atom.